The van der Waals surface area contributed by atoms with Gasteiger partial charge in [0.2, 0.25) is 0 Å². The molecular formula is C13H13FN4O2. The number of nitrogens with zero attached hydrogens (tertiary/aromatic N) is 4. The van der Waals surface area contributed by atoms with Gasteiger partial charge >= 0.3 is 6.09 Å². The molecule has 1 unspecified atom stereocenters. The standard InChI is InChI=1S/C13H13FN4O2/c1-9-2-3-10(6-12(9)14)18-8-11(20-13(18)19)7-17-5-4-15-16-17/h2-6,11H,7-8H2,1H3. The van der Waals surface area contributed by atoms with Gasteiger partial charge < -0.3 is 4.74 Å². The molecule has 3 rings (SSSR count). The van der Waals surface area contributed by atoms with Crippen molar-refractivity contribution in [1.82, 2.24) is 15.0 Å². The van der Waals surface area contributed by atoms with Gasteiger partial charge in [0.1, 0.15) is 11.9 Å². The predicted molar refractivity (Wildman–Crippen MR) is 68.8 cm³/mol. The van der Waals surface area contributed by atoms with Gasteiger partial charge in [-0.05, 0) is 24.6 Å². The van der Waals surface area contributed by atoms with Crippen molar-refractivity contribution in [1.29, 1.82) is 0 Å². The quantitative estimate of drug-likeness (QED) is 0.857. The van der Waals surface area contributed by atoms with Crippen LogP contribution in [-0.2, 0) is 11.3 Å². The van der Waals surface area contributed by atoms with E-state index < -0.39 is 6.09 Å². The van der Waals surface area contributed by atoms with E-state index in [0.29, 0.717) is 24.3 Å². The largest absolute Gasteiger partial charge is 0.442 e. The maximum absolute atomic E-state index is 13.6. The van der Waals surface area contributed by atoms with Crippen molar-refractivity contribution in [3.05, 3.63) is 42.0 Å². The fraction of sp³-hybridized carbons (Fsp3) is 0.308. The second-order valence-electron chi connectivity index (χ2n) is 4.67. The van der Waals surface area contributed by atoms with Crippen molar-refractivity contribution in [2.45, 2.75) is 19.6 Å². The number of aryl methyl sites for hydroxylation is 1. The van der Waals surface area contributed by atoms with Gasteiger partial charge in [-0.15, -0.1) is 5.10 Å². The van der Waals surface area contributed by atoms with Crippen molar-refractivity contribution in [2.75, 3.05) is 11.4 Å². The van der Waals surface area contributed by atoms with Crippen molar-refractivity contribution >= 4 is 11.8 Å². The van der Waals surface area contributed by atoms with E-state index in [1.165, 1.54) is 11.0 Å². The first-order valence-electron chi connectivity index (χ1n) is 6.22. The number of amides is 1. The lowest BCUT2D eigenvalue weighted by Gasteiger charge is -2.13. The van der Waals surface area contributed by atoms with Crippen LogP contribution in [0.15, 0.2) is 30.6 Å². The first-order valence-corrected chi connectivity index (χ1v) is 6.22. The van der Waals surface area contributed by atoms with E-state index in [1.54, 1.807) is 36.1 Å². The van der Waals surface area contributed by atoms with E-state index in [4.69, 9.17) is 4.74 Å². The van der Waals surface area contributed by atoms with E-state index in [9.17, 15) is 9.18 Å². The van der Waals surface area contributed by atoms with Gasteiger partial charge in [0.05, 0.1) is 25.0 Å². The highest BCUT2D eigenvalue weighted by molar-refractivity contribution is 5.89. The number of benzene rings is 1. The molecule has 0 radical (unpaired) electrons. The van der Waals surface area contributed by atoms with Crippen LogP contribution in [0.3, 0.4) is 0 Å². The number of carbonyl (C=O) groups is 1. The third-order valence-electron chi connectivity index (χ3n) is 3.20. The Hall–Kier alpha value is -2.44. The van der Waals surface area contributed by atoms with Gasteiger partial charge in [-0.25, -0.2) is 13.9 Å². The number of carbonyl (C=O) groups excluding carboxylic acids is 1. The highest BCUT2D eigenvalue weighted by atomic mass is 19.1. The lowest BCUT2D eigenvalue weighted by atomic mass is 10.2. The molecule has 0 aliphatic carbocycles. The molecule has 1 atom stereocenters. The van der Waals surface area contributed by atoms with Gasteiger partial charge in [-0.3, -0.25) is 4.90 Å². The number of anilines is 1. The van der Waals surface area contributed by atoms with Crippen LogP contribution in [0, 0.1) is 12.7 Å². The first-order chi connectivity index (χ1) is 9.63. The Morgan fingerprint density at radius 1 is 1.50 bits per heavy atom. The molecule has 0 spiro atoms. The average Bonchev–Trinajstić information content (AvgIpc) is 3.03. The molecule has 0 bridgehead atoms. The lowest BCUT2D eigenvalue weighted by Crippen LogP contribution is -2.26. The molecule has 104 valence electrons. The summed E-state index contributed by atoms with van der Waals surface area (Å²) in [4.78, 5) is 13.3. The molecule has 1 aliphatic heterocycles. The molecule has 1 saturated heterocycles. The molecule has 2 aromatic rings. The van der Waals surface area contributed by atoms with Gasteiger partial charge in [0, 0.05) is 6.20 Å². The molecule has 2 heterocycles. The molecule has 1 amide bonds. The monoisotopic (exact) mass is 276 g/mol. The van der Waals surface area contributed by atoms with Crippen LogP contribution < -0.4 is 4.90 Å². The van der Waals surface area contributed by atoms with Gasteiger partial charge in [-0.2, -0.15) is 0 Å². The van der Waals surface area contributed by atoms with E-state index >= 15 is 0 Å². The minimum atomic E-state index is -0.474. The molecule has 1 fully saturated rings. The topological polar surface area (TPSA) is 60.3 Å². The molecule has 6 nitrogen and oxygen atoms in total. The van der Waals surface area contributed by atoms with Crippen LogP contribution >= 0.6 is 0 Å². The SMILES string of the molecule is Cc1ccc(N2CC(Cn3ccnn3)OC2=O)cc1F. The minimum Gasteiger partial charge on any atom is -0.442 e. The zero-order valence-corrected chi connectivity index (χ0v) is 10.9. The summed E-state index contributed by atoms with van der Waals surface area (Å²) in [6, 6.07) is 4.69. The molecule has 0 N–H and O–H groups in total. The van der Waals surface area contributed by atoms with Gasteiger partial charge in [0.15, 0.2) is 0 Å². The van der Waals surface area contributed by atoms with Crippen molar-refractivity contribution in [3.8, 4) is 0 Å². The molecule has 1 aliphatic rings. The lowest BCUT2D eigenvalue weighted by molar-refractivity contribution is 0.129. The molecule has 7 heteroatoms. The zero-order chi connectivity index (χ0) is 14.1. The molecule has 20 heavy (non-hydrogen) atoms. The fourth-order valence-corrected chi connectivity index (χ4v) is 2.12. The fourth-order valence-electron chi connectivity index (χ4n) is 2.12. The highest BCUT2D eigenvalue weighted by Gasteiger charge is 2.32. The van der Waals surface area contributed by atoms with Crippen LogP contribution in [0.5, 0.6) is 0 Å². The Kier molecular flexibility index (Phi) is 3.09. The van der Waals surface area contributed by atoms with Gasteiger partial charge in [-0.1, -0.05) is 11.3 Å². The van der Waals surface area contributed by atoms with Crippen LogP contribution in [-0.4, -0.2) is 33.7 Å². The van der Waals surface area contributed by atoms with Crippen molar-refractivity contribution < 1.29 is 13.9 Å². The normalized spacial score (nSPS) is 18.4. The number of hydrogen-bond acceptors (Lipinski definition) is 4. The number of aromatic nitrogens is 3. The van der Waals surface area contributed by atoms with Crippen LogP contribution in [0.4, 0.5) is 14.9 Å². The summed E-state index contributed by atoms with van der Waals surface area (Å²) in [7, 11) is 0. The second kappa shape index (κ2) is 4.92. The first kappa shape index (κ1) is 12.6. The number of hydrogen-bond donors (Lipinski definition) is 0. The summed E-state index contributed by atoms with van der Waals surface area (Å²) in [5.41, 5.74) is 1.04. The summed E-state index contributed by atoms with van der Waals surface area (Å²) in [6.07, 6.45) is 2.46. The summed E-state index contributed by atoms with van der Waals surface area (Å²) in [5.74, 6) is -0.338. The van der Waals surface area contributed by atoms with E-state index in [-0.39, 0.29) is 11.9 Å². The Balaban J connectivity index is 1.75. The smallest absolute Gasteiger partial charge is 0.414 e. The molecule has 0 saturated carbocycles. The number of cyclic esters (lactones) is 1. The third kappa shape index (κ3) is 2.34. The second-order valence-corrected chi connectivity index (χ2v) is 4.67. The number of rotatable bonds is 3. The molecule has 1 aromatic heterocycles. The van der Waals surface area contributed by atoms with Crippen LogP contribution in [0.1, 0.15) is 5.56 Å². The van der Waals surface area contributed by atoms with E-state index in [0.717, 1.165) is 0 Å². The Morgan fingerprint density at radius 3 is 3.05 bits per heavy atom. The van der Waals surface area contributed by atoms with Crippen molar-refractivity contribution in [2.24, 2.45) is 0 Å². The number of ether oxygens (including phenoxy) is 1. The van der Waals surface area contributed by atoms with E-state index in [2.05, 4.69) is 10.3 Å². The van der Waals surface area contributed by atoms with E-state index in [1.807, 2.05) is 0 Å². The van der Waals surface area contributed by atoms with Crippen LogP contribution in [0.25, 0.3) is 0 Å². The average molecular weight is 276 g/mol. The molecule has 1 aromatic carbocycles. The van der Waals surface area contributed by atoms with Crippen molar-refractivity contribution in [3.63, 3.8) is 0 Å². The maximum atomic E-state index is 13.6. The Bertz CT molecular complexity index is 629. The van der Waals surface area contributed by atoms with Gasteiger partial charge in [0.25, 0.3) is 0 Å². The summed E-state index contributed by atoms with van der Waals surface area (Å²) in [5, 5.41) is 7.52. The predicted octanol–water partition coefficient (Wildman–Crippen LogP) is 1.75. The minimum absolute atomic E-state index is 0.325. The third-order valence-corrected chi connectivity index (χ3v) is 3.20. The number of halogens is 1. The summed E-state index contributed by atoms with van der Waals surface area (Å²) in [6.45, 7) is 2.46. The Morgan fingerprint density at radius 2 is 2.35 bits per heavy atom. The summed E-state index contributed by atoms with van der Waals surface area (Å²) < 4.78 is 20.4. The highest BCUT2D eigenvalue weighted by Crippen LogP contribution is 2.24. The summed E-state index contributed by atoms with van der Waals surface area (Å²) >= 11 is 0. The van der Waals surface area contributed by atoms with Crippen LogP contribution in [0.2, 0.25) is 0 Å². The maximum Gasteiger partial charge on any atom is 0.414 e. The Labute approximate surface area is 114 Å². The zero-order valence-electron chi connectivity index (χ0n) is 10.9. The molecular weight excluding hydrogens is 263 g/mol.